The summed E-state index contributed by atoms with van der Waals surface area (Å²) in [5.74, 6) is -0.00264. The quantitative estimate of drug-likeness (QED) is 0.703. The number of hydrogen-bond donors (Lipinski definition) is 3. The molecule has 1 saturated heterocycles. The molecule has 1 saturated carbocycles. The van der Waals surface area contributed by atoms with Gasteiger partial charge in [0.2, 0.25) is 5.91 Å². The van der Waals surface area contributed by atoms with Crippen LogP contribution in [-0.4, -0.2) is 55.1 Å². The maximum absolute atomic E-state index is 12.0. The molecule has 20 heavy (non-hydrogen) atoms. The number of piperazine rings is 1. The number of carbonyl (C=O) groups is 2. The van der Waals surface area contributed by atoms with Gasteiger partial charge in [0.25, 0.3) is 0 Å². The first-order valence-corrected chi connectivity index (χ1v) is 7.70. The Bertz CT molecular complexity index is 342. The molecule has 2 rings (SSSR count). The van der Waals surface area contributed by atoms with Crippen LogP contribution in [0.2, 0.25) is 0 Å². The van der Waals surface area contributed by atoms with Crippen molar-refractivity contribution in [1.82, 2.24) is 20.9 Å². The summed E-state index contributed by atoms with van der Waals surface area (Å²) in [6.45, 7) is 4.40. The number of hydrogen-bond acceptors (Lipinski definition) is 3. The summed E-state index contributed by atoms with van der Waals surface area (Å²) >= 11 is 0. The molecule has 114 valence electrons. The molecule has 6 heteroatoms. The van der Waals surface area contributed by atoms with Crippen molar-refractivity contribution in [3.63, 3.8) is 0 Å². The van der Waals surface area contributed by atoms with Gasteiger partial charge in [-0.05, 0) is 19.8 Å². The molecule has 1 unspecified atom stereocenters. The lowest BCUT2D eigenvalue weighted by Crippen LogP contribution is -2.54. The van der Waals surface area contributed by atoms with E-state index in [1.807, 2.05) is 4.90 Å². The molecule has 0 radical (unpaired) electrons. The molecule has 0 bridgehead atoms. The Morgan fingerprint density at radius 1 is 1.25 bits per heavy atom. The zero-order valence-electron chi connectivity index (χ0n) is 12.3. The van der Waals surface area contributed by atoms with Crippen molar-refractivity contribution in [3.05, 3.63) is 0 Å². The van der Waals surface area contributed by atoms with Gasteiger partial charge in [0.15, 0.2) is 0 Å². The van der Waals surface area contributed by atoms with Gasteiger partial charge in [-0.3, -0.25) is 4.79 Å². The minimum Gasteiger partial charge on any atom is -0.338 e. The smallest absolute Gasteiger partial charge is 0.315 e. The van der Waals surface area contributed by atoms with Gasteiger partial charge in [-0.1, -0.05) is 19.3 Å². The van der Waals surface area contributed by atoms with Gasteiger partial charge < -0.3 is 20.9 Å². The first kappa shape index (κ1) is 15.1. The number of amides is 3. The van der Waals surface area contributed by atoms with E-state index in [0.717, 1.165) is 25.9 Å². The fourth-order valence-corrected chi connectivity index (χ4v) is 2.91. The Balaban J connectivity index is 1.65. The molecule has 2 fully saturated rings. The first-order valence-electron chi connectivity index (χ1n) is 7.70. The van der Waals surface area contributed by atoms with Crippen LogP contribution in [-0.2, 0) is 4.79 Å². The zero-order chi connectivity index (χ0) is 14.4. The summed E-state index contributed by atoms with van der Waals surface area (Å²) in [6, 6.07) is 0.384. The van der Waals surface area contributed by atoms with E-state index in [9.17, 15) is 9.59 Å². The Kier molecular flexibility index (Phi) is 5.64. The third-order valence-electron chi connectivity index (χ3n) is 4.06. The lowest BCUT2D eigenvalue weighted by molar-refractivity contribution is -0.131. The largest absolute Gasteiger partial charge is 0.338 e. The number of nitrogens with zero attached hydrogens (tertiary/aromatic N) is 1. The highest BCUT2D eigenvalue weighted by atomic mass is 16.2. The van der Waals surface area contributed by atoms with Gasteiger partial charge in [0.1, 0.15) is 0 Å². The fraction of sp³-hybridized carbons (Fsp3) is 0.857. The highest BCUT2D eigenvalue weighted by molar-refractivity contribution is 5.84. The number of carbonyl (C=O) groups excluding carboxylic acids is 2. The molecule has 6 nitrogen and oxygen atoms in total. The lowest BCUT2D eigenvalue weighted by Gasteiger charge is -2.32. The van der Waals surface area contributed by atoms with E-state index >= 15 is 0 Å². The van der Waals surface area contributed by atoms with Crippen LogP contribution < -0.4 is 16.0 Å². The van der Waals surface area contributed by atoms with E-state index < -0.39 is 0 Å². The van der Waals surface area contributed by atoms with Gasteiger partial charge in [0, 0.05) is 31.7 Å². The average Bonchev–Trinajstić information content (AvgIpc) is 2.46. The molecular formula is C14H26N4O2. The minimum absolute atomic E-state index is 0.00264. The van der Waals surface area contributed by atoms with Gasteiger partial charge in [-0.2, -0.15) is 0 Å². The van der Waals surface area contributed by atoms with Crippen LogP contribution in [0, 0.1) is 0 Å². The molecule has 1 atom stereocenters. The molecule has 3 amide bonds. The van der Waals surface area contributed by atoms with Crippen LogP contribution >= 0.6 is 0 Å². The second kappa shape index (κ2) is 7.47. The van der Waals surface area contributed by atoms with Crippen LogP contribution in [0.5, 0.6) is 0 Å². The predicted molar refractivity (Wildman–Crippen MR) is 77.5 cm³/mol. The molecule has 1 aliphatic heterocycles. The van der Waals surface area contributed by atoms with Crippen LogP contribution in [0.15, 0.2) is 0 Å². The Labute approximate surface area is 120 Å². The standard InChI is InChI=1S/C14H26N4O2/c1-11-10-18(8-7-15-11)13(19)9-16-14(20)17-12-5-3-2-4-6-12/h11-12,15H,2-10H2,1H3,(H2,16,17,20). The normalized spacial score (nSPS) is 24.2. The van der Waals surface area contributed by atoms with Crippen molar-refractivity contribution in [1.29, 1.82) is 0 Å². The molecule has 0 aromatic heterocycles. The summed E-state index contributed by atoms with van der Waals surface area (Å²) < 4.78 is 0. The van der Waals surface area contributed by atoms with E-state index in [-0.39, 0.29) is 24.5 Å². The third kappa shape index (κ3) is 4.67. The maximum atomic E-state index is 12.0. The monoisotopic (exact) mass is 282 g/mol. The van der Waals surface area contributed by atoms with Crippen LogP contribution in [0.3, 0.4) is 0 Å². The van der Waals surface area contributed by atoms with Gasteiger partial charge in [-0.15, -0.1) is 0 Å². The minimum atomic E-state index is -0.214. The highest BCUT2D eigenvalue weighted by Gasteiger charge is 2.21. The molecule has 0 aromatic carbocycles. The molecule has 0 spiro atoms. The molecule has 1 aliphatic carbocycles. The van der Waals surface area contributed by atoms with Crippen molar-refractivity contribution < 1.29 is 9.59 Å². The first-order chi connectivity index (χ1) is 9.65. The van der Waals surface area contributed by atoms with E-state index in [1.54, 1.807) is 0 Å². The molecule has 2 aliphatic rings. The highest BCUT2D eigenvalue weighted by Crippen LogP contribution is 2.17. The lowest BCUT2D eigenvalue weighted by atomic mass is 9.96. The molecule has 0 aromatic rings. The SMILES string of the molecule is CC1CN(C(=O)CNC(=O)NC2CCCCC2)CCN1. The van der Waals surface area contributed by atoms with E-state index in [0.29, 0.717) is 12.6 Å². The van der Waals surface area contributed by atoms with Crippen molar-refractivity contribution in [2.45, 2.75) is 51.1 Å². The van der Waals surface area contributed by atoms with Crippen molar-refractivity contribution >= 4 is 11.9 Å². The van der Waals surface area contributed by atoms with E-state index in [1.165, 1.54) is 19.3 Å². The summed E-state index contributed by atoms with van der Waals surface area (Å²) in [4.78, 5) is 25.6. The van der Waals surface area contributed by atoms with Crippen molar-refractivity contribution in [2.75, 3.05) is 26.2 Å². The van der Waals surface area contributed by atoms with E-state index in [2.05, 4.69) is 22.9 Å². The number of nitrogens with one attached hydrogen (secondary N) is 3. The third-order valence-corrected chi connectivity index (χ3v) is 4.06. The van der Waals surface area contributed by atoms with Crippen molar-refractivity contribution in [2.24, 2.45) is 0 Å². The summed E-state index contributed by atoms with van der Waals surface area (Å²) in [5.41, 5.74) is 0. The number of urea groups is 1. The van der Waals surface area contributed by atoms with Crippen molar-refractivity contribution in [3.8, 4) is 0 Å². The Hall–Kier alpha value is -1.30. The molecule has 3 N–H and O–H groups in total. The fourth-order valence-electron chi connectivity index (χ4n) is 2.91. The van der Waals surface area contributed by atoms with Gasteiger partial charge >= 0.3 is 6.03 Å². The zero-order valence-corrected chi connectivity index (χ0v) is 12.3. The number of rotatable bonds is 3. The second-order valence-electron chi connectivity index (χ2n) is 5.86. The predicted octanol–water partition coefficient (Wildman–Crippen LogP) is 0.439. The second-order valence-corrected chi connectivity index (χ2v) is 5.86. The molecule has 1 heterocycles. The summed E-state index contributed by atoms with van der Waals surface area (Å²) in [6.07, 6.45) is 5.73. The van der Waals surface area contributed by atoms with Gasteiger partial charge in [0.05, 0.1) is 6.54 Å². The molecular weight excluding hydrogens is 256 g/mol. The van der Waals surface area contributed by atoms with E-state index in [4.69, 9.17) is 0 Å². The summed E-state index contributed by atoms with van der Waals surface area (Å²) in [5, 5.41) is 8.93. The van der Waals surface area contributed by atoms with Crippen LogP contribution in [0.4, 0.5) is 4.79 Å². The Morgan fingerprint density at radius 3 is 2.70 bits per heavy atom. The van der Waals surface area contributed by atoms with Crippen LogP contribution in [0.25, 0.3) is 0 Å². The van der Waals surface area contributed by atoms with Gasteiger partial charge in [-0.25, -0.2) is 4.79 Å². The topological polar surface area (TPSA) is 73.5 Å². The average molecular weight is 282 g/mol. The maximum Gasteiger partial charge on any atom is 0.315 e. The Morgan fingerprint density at radius 2 is 2.00 bits per heavy atom. The van der Waals surface area contributed by atoms with Crippen LogP contribution in [0.1, 0.15) is 39.0 Å². The summed E-state index contributed by atoms with van der Waals surface area (Å²) in [7, 11) is 0.